The van der Waals surface area contributed by atoms with E-state index >= 15 is 0 Å². The molecule has 1 saturated heterocycles. The molecule has 1 amide bonds. The van der Waals surface area contributed by atoms with Crippen molar-refractivity contribution >= 4 is 23.3 Å². The molecule has 2 aliphatic heterocycles. The normalized spacial score (nSPS) is 22.2. The smallest absolute Gasteiger partial charge is 0.328 e. The molecule has 0 saturated carbocycles. The first-order valence-corrected chi connectivity index (χ1v) is 8.86. The zero-order valence-electron chi connectivity index (χ0n) is 15.2. The highest BCUT2D eigenvalue weighted by atomic mass is 16.5. The van der Waals surface area contributed by atoms with Crippen LogP contribution in [0.3, 0.4) is 0 Å². The molecule has 0 aromatic heterocycles. The van der Waals surface area contributed by atoms with Gasteiger partial charge >= 0.3 is 5.97 Å². The first-order chi connectivity index (χ1) is 12.4. The Morgan fingerprint density at radius 1 is 1.27 bits per heavy atom. The van der Waals surface area contributed by atoms with Crippen LogP contribution in [0.1, 0.15) is 26.2 Å². The van der Waals surface area contributed by atoms with E-state index in [0.717, 1.165) is 12.8 Å². The maximum Gasteiger partial charge on any atom is 0.328 e. The van der Waals surface area contributed by atoms with Crippen LogP contribution in [-0.4, -0.2) is 60.4 Å². The Hall–Kier alpha value is -2.41. The van der Waals surface area contributed by atoms with E-state index in [1.165, 1.54) is 5.01 Å². The fourth-order valence-corrected chi connectivity index (χ4v) is 3.58. The van der Waals surface area contributed by atoms with Crippen molar-refractivity contribution in [3.63, 3.8) is 0 Å². The third-order valence-electron chi connectivity index (χ3n) is 5.21. The van der Waals surface area contributed by atoms with Crippen molar-refractivity contribution in [1.82, 2.24) is 4.90 Å². The van der Waals surface area contributed by atoms with Gasteiger partial charge in [0.05, 0.1) is 12.3 Å². The van der Waals surface area contributed by atoms with Gasteiger partial charge in [-0.05, 0) is 30.4 Å². The van der Waals surface area contributed by atoms with Gasteiger partial charge in [-0.3, -0.25) is 9.80 Å². The number of carbonyl (C=O) groups excluding carboxylic acids is 1. The number of carboxylic acids is 1. The first-order valence-electron chi connectivity index (χ1n) is 8.86. The summed E-state index contributed by atoms with van der Waals surface area (Å²) in [7, 11) is 1.69. The van der Waals surface area contributed by atoms with Gasteiger partial charge in [-0.15, -0.1) is 0 Å². The third kappa shape index (κ3) is 3.72. The third-order valence-corrected chi connectivity index (χ3v) is 5.21. The van der Waals surface area contributed by atoms with Crippen molar-refractivity contribution in [2.75, 3.05) is 31.8 Å². The number of ether oxygens (including phenoxy) is 1. The molecule has 0 spiro atoms. The van der Waals surface area contributed by atoms with Gasteiger partial charge in [-0.25, -0.2) is 4.79 Å². The van der Waals surface area contributed by atoms with E-state index in [0.29, 0.717) is 31.1 Å². The average Bonchev–Trinajstić information content (AvgIpc) is 3.08. The van der Waals surface area contributed by atoms with Gasteiger partial charge in [0.15, 0.2) is 6.04 Å². The second-order valence-electron chi connectivity index (χ2n) is 7.32. The number of anilines is 1. The lowest BCUT2D eigenvalue weighted by atomic mass is 9.81. The Morgan fingerprint density at radius 2 is 1.92 bits per heavy atom. The molecule has 140 valence electrons. The van der Waals surface area contributed by atoms with Gasteiger partial charge in [-0.1, -0.05) is 25.1 Å². The molecule has 1 aromatic carbocycles. The maximum absolute atomic E-state index is 12.9. The highest BCUT2D eigenvalue weighted by molar-refractivity contribution is 6.40. The van der Waals surface area contributed by atoms with E-state index in [2.05, 4.69) is 12.0 Å². The number of methoxy groups -OCH3 is 1. The highest BCUT2D eigenvalue weighted by Gasteiger charge is 2.39. The summed E-state index contributed by atoms with van der Waals surface area (Å²) >= 11 is 0. The van der Waals surface area contributed by atoms with Crippen molar-refractivity contribution in [3.8, 4) is 0 Å². The van der Waals surface area contributed by atoms with Crippen LogP contribution < -0.4 is 5.01 Å². The van der Waals surface area contributed by atoms with Crippen molar-refractivity contribution in [2.24, 2.45) is 10.5 Å². The average molecular weight is 359 g/mol. The largest absolute Gasteiger partial charge is 0.480 e. The van der Waals surface area contributed by atoms with E-state index < -0.39 is 12.0 Å². The molecule has 26 heavy (non-hydrogen) atoms. The van der Waals surface area contributed by atoms with Crippen molar-refractivity contribution in [3.05, 3.63) is 30.3 Å². The van der Waals surface area contributed by atoms with Gasteiger partial charge in [0.2, 0.25) is 0 Å². The summed E-state index contributed by atoms with van der Waals surface area (Å²) in [4.78, 5) is 26.3. The van der Waals surface area contributed by atoms with Crippen LogP contribution in [0, 0.1) is 5.41 Å². The van der Waals surface area contributed by atoms with E-state index in [4.69, 9.17) is 4.74 Å². The van der Waals surface area contributed by atoms with Gasteiger partial charge < -0.3 is 14.7 Å². The zero-order chi connectivity index (χ0) is 18.7. The summed E-state index contributed by atoms with van der Waals surface area (Å²) in [5.41, 5.74) is 1.08. The number of hydrazone groups is 1. The predicted octanol–water partition coefficient (Wildman–Crippen LogP) is 1.98. The summed E-state index contributed by atoms with van der Waals surface area (Å²) in [6.07, 6.45) is 1.85. The molecule has 1 N–H and O–H groups in total. The number of amides is 1. The summed E-state index contributed by atoms with van der Waals surface area (Å²) in [6, 6.07) is 8.25. The Labute approximate surface area is 153 Å². The lowest BCUT2D eigenvalue weighted by Gasteiger charge is -2.38. The predicted molar refractivity (Wildman–Crippen MR) is 98.2 cm³/mol. The number of carbonyl (C=O) groups is 2. The molecule has 2 heterocycles. The number of rotatable bonds is 5. The molecule has 7 heteroatoms. The standard InChI is InChI=1S/C19H25N3O4/c1-19(13-26-2)8-10-21(11-9-19)17(23)15-12-16(18(24)25)22(20-15)14-6-4-3-5-7-14/h3-7,16H,8-13H2,1-2H3,(H,24,25). The molecule has 7 nitrogen and oxygen atoms in total. The number of hydrogen-bond donors (Lipinski definition) is 1. The number of benzene rings is 1. The number of likely N-dealkylation sites (tertiary alicyclic amines) is 1. The molecule has 0 bridgehead atoms. The lowest BCUT2D eigenvalue weighted by Crippen LogP contribution is -2.46. The number of hydrogen-bond acceptors (Lipinski definition) is 5. The molecule has 0 radical (unpaired) electrons. The molecule has 2 aliphatic rings. The van der Waals surface area contributed by atoms with Crippen LogP contribution in [-0.2, 0) is 14.3 Å². The molecular weight excluding hydrogens is 334 g/mol. The molecular formula is C19H25N3O4. The number of piperidine rings is 1. The molecule has 1 atom stereocenters. The van der Waals surface area contributed by atoms with Gasteiger partial charge in [-0.2, -0.15) is 5.10 Å². The van der Waals surface area contributed by atoms with Crippen LogP contribution in [0.15, 0.2) is 35.4 Å². The molecule has 1 fully saturated rings. The van der Waals surface area contributed by atoms with E-state index in [1.807, 2.05) is 18.2 Å². The number of para-hydroxylation sites is 1. The Balaban J connectivity index is 1.73. The van der Waals surface area contributed by atoms with Crippen LogP contribution in [0.4, 0.5) is 5.69 Å². The van der Waals surface area contributed by atoms with Crippen molar-refractivity contribution < 1.29 is 19.4 Å². The number of carboxylic acid groups (broad SMARTS) is 1. The minimum absolute atomic E-state index is 0.0860. The van der Waals surface area contributed by atoms with E-state index in [-0.39, 0.29) is 17.7 Å². The summed E-state index contributed by atoms with van der Waals surface area (Å²) in [6.45, 7) is 4.13. The fraction of sp³-hybridized carbons (Fsp3) is 0.526. The van der Waals surface area contributed by atoms with Crippen LogP contribution in [0.2, 0.25) is 0 Å². The summed E-state index contributed by atoms with van der Waals surface area (Å²) in [5.74, 6) is -1.14. The minimum atomic E-state index is -0.980. The topological polar surface area (TPSA) is 82.4 Å². The van der Waals surface area contributed by atoms with Crippen molar-refractivity contribution in [2.45, 2.75) is 32.2 Å². The summed E-state index contributed by atoms with van der Waals surface area (Å²) in [5, 5.41) is 15.3. The summed E-state index contributed by atoms with van der Waals surface area (Å²) < 4.78 is 5.28. The van der Waals surface area contributed by atoms with Gasteiger partial charge in [0.1, 0.15) is 5.71 Å². The van der Waals surface area contributed by atoms with Crippen molar-refractivity contribution in [1.29, 1.82) is 0 Å². The number of aliphatic carboxylic acids is 1. The fourth-order valence-electron chi connectivity index (χ4n) is 3.58. The Morgan fingerprint density at radius 3 is 2.50 bits per heavy atom. The Kier molecular flexibility index (Phi) is 5.27. The monoisotopic (exact) mass is 359 g/mol. The first kappa shape index (κ1) is 18.4. The minimum Gasteiger partial charge on any atom is -0.480 e. The Bertz CT molecular complexity index is 696. The van der Waals surface area contributed by atoms with E-state index in [9.17, 15) is 14.7 Å². The molecule has 3 rings (SSSR count). The second-order valence-corrected chi connectivity index (χ2v) is 7.32. The lowest BCUT2D eigenvalue weighted by molar-refractivity contribution is -0.138. The molecule has 0 aliphatic carbocycles. The SMILES string of the molecule is COCC1(C)CCN(C(=O)C2=NN(c3ccccc3)C(C(=O)O)C2)CC1. The number of nitrogens with zero attached hydrogens (tertiary/aromatic N) is 3. The van der Waals surface area contributed by atoms with Crippen LogP contribution in [0.25, 0.3) is 0 Å². The van der Waals surface area contributed by atoms with Gasteiger partial charge in [0, 0.05) is 26.6 Å². The molecule has 1 aromatic rings. The van der Waals surface area contributed by atoms with Gasteiger partial charge in [0.25, 0.3) is 5.91 Å². The molecule has 1 unspecified atom stereocenters. The van der Waals surface area contributed by atoms with E-state index in [1.54, 1.807) is 24.1 Å². The van der Waals surface area contributed by atoms with Crippen LogP contribution >= 0.6 is 0 Å². The quantitative estimate of drug-likeness (QED) is 0.869. The zero-order valence-corrected chi connectivity index (χ0v) is 15.2. The highest BCUT2D eigenvalue weighted by Crippen LogP contribution is 2.32. The second kappa shape index (κ2) is 7.45. The maximum atomic E-state index is 12.9. The van der Waals surface area contributed by atoms with Crippen LogP contribution in [0.5, 0.6) is 0 Å².